The second-order valence-corrected chi connectivity index (χ2v) is 5.24. The van der Waals surface area contributed by atoms with Crippen LogP contribution in [0.15, 0.2) is 27.2 Å². The zero-order chi connectivity index (χ0) is 13.8. The lowest BCUT2D eigenvalue weighted by atomic mass is 10.1. The third kappa shape index (κ3) is 3.61. The highest BCUT2D eigenvalue weighted by molar-refractivity contribution is 9.10. The van der Waals surface area contributed by atoms with E-state index >= 15 is 0 Å². The summed E-state index contributed by atoms with van der Waals surface area (Å²) in [5.74, 6) is 0.627. The molecule has 4 nitrogen and oxygen atoms in total. The molecule has 19 heavy (non-hydrogen) atoms. The van der Waals surface area contributed by atoms with Crippen LogP contribution in [0.3, 0.4) is 0 Å². The fraction of sp³-hybridized carbons (Fsp3) is 0.385. The molecule has 2 N–H and O–H groups in total. The van der Waals surface area contributed by atoms with E-state index in [1.54, 1.807) is 6.07 Å². The van der Waals surface area contributed by atoms with Crippen LogP contribution in [-0.2, 0) is 6.42 Å². The van der Waals surface area contributed by atoms with Crippen LogP contribution in [0.2, 0.25) is 0 Å². The molecule has 0 saturated heterocycles. The van der Waals surface area contributed by atoms with E-state index in [1.165, 1.54) is 12.1 Å². The van der Waals surface area contributed by atoms with Crippen LogP contribution in [-0.4, -0.2) is 16.2 Å². The second kappa shape index (κ2) is 6.25. The number of hydrogen-bond acceptors (Lipinski definition) is 4. The van der Waals surface area contributed by atoms with E-state index in [1.807, 2.05) is 0 Å². The van der Waals surface area contributed by atoms with Crippen molar-refractivity contribution in [3.8, 4) is 11.4 Å². The van der Waals surface area contributed by atoms with Crippen molar-refractivity contribution in [2.45, 2.75) is 32.2 Å². The molecule has 2 rings (SSSR count). The van der Waals surface area contributed by atoms with Crippen LogP contribution >= 0.6 is 15.9 Å². The van der Waals surface area contributed by atoms with Crippen LogP contribution in [0.25, 0.3) is 11.4 Å². The summed E-state index contributed by atoms with van der Waals surface area (Å²) >= 11 is 3.28. The van der Waals surface area contributed by atoms with Crippen molar-refractivity contribution in [1.82, 2.24) is 10.1 Å². The van der Waals surface area contributed by atoms with Gasteiger partial charge in [-0.05, 0) is 40.5 Å². The fourth-order valence-corrected chi connectivity index (χ4v) is 2.34. The number of halogens is 2. The summed E-state index contributed by atoms with van der Waals surface area (Å²) < 4.78 is 18.8. The summed E-state index contributed by atoms with van der Waals surface area (Å²) in [6.07, 6.45) is 2.49. The van der Waals surface area contributed by atoms with Gasteiger partial charge in [-0.3, -0.25) is 0 Å². The quantitative estimate of drug-likeness (QED) is 0.914. The van der Waals surface area contributed by atoms with Crippen molar-refractivity contribution in [3.05, 3.63) is 34.4 Å². The highest BCUT2D eigenvalue weighted by atomic mass is 79.9. The predicted octanol–water partition coefficient (Wildman–Crippen LogP) is 3.31. The molecule has 0 aliphatic rings. The Bertz CT molecular complexity index is 559. The number of nitrogens with two attached hydrogens (primary N) is 1. The van der Waals surface area contributed by atoms with Crippen LogP contribution in [0.4, 0.5) is 4.39 Å². The number of benzene rings is 1. The van der Waals surface area contributed by atoms with Crippen molar-refractivity contribution >= 4 is 15.9 Å². The molecule has 1 unspecified atom stereocenters. The monoisotopic (exact) mass is 327 g/mol. The van der Waals surface area contributed by atoms with Gasteiger partial charge in [0, 0.05) is 22.5 Å². The van der Waals surface area contributed by atoms with E-state index in [0.29, 0.717) is 28.2 Å². The van der Waals surface area contributed by atoms with Gasteiger partial charge in [-0.1, -0.05) is 18.5 Å². The predicted molar refractivity (Wildman–Crippen MR) is 74.0 cm³/mol. The number of rotatable bonds is 5. The Morgan fingerprint density at radius 2 is 2.26 bits per heavy atom. The average molecular weight is 328 g/mol. The molecule has 0 amide bonds. The van der Waals surface area contributed by atoms with E-state index in [9.17, 15) is 4.39 Å². The minimum Gasteiger partial charge on any atom is -0.339 e. The number of hydrogen-bond donors (Lipinski definition) is 1. The van der Waals surface area contributed by atoms with E-state index in [2.05, 4.69) is 33.0 Å². The molecule has 6 heteroatoms. The first kappa shape index (κ1) is 14.1. The molecular weight excluding hydrogens is 313 g/mol. The van der Waals surface area contributed by atoms with Gasteiger partial charge in [0.15, 0.2) is 0 Å². The molecule has 1 heterocycles. The van der Waals surface area contributed by atoms with Crippen molar-refractivity contribution in [2.24, 2.45) is 5.73 Å². The Balaban J connectivity index is 2.16. The Labute approximate surface area is 119 Å². The van der Waals surface area contributed by atoms with Crippen molar-refractivity contribution in [2.75, 3.05) is 0 Å². The summed E-state index contributed by atoms with van der Waals surface area (Å²) in [5, 5.41) is 3.90. The normalized spacial score (nSPS) is 12.6. The molecule has 0 aliphatic heterocycles. The molecule has 1 atom stereocenters. The molecule has 0 fully saturated rings. The Hall–Kier alpha value is -1.27. The Morgan fingerprint density at radius 1 is 1.47 bits per heavy atom. The first-order chi connectivity index (χ1) is 9.10. The average Bonchev–Trinajstić information content (AvgIpc) is 2.77. The van der Waals surface area contributed by atoms with Crippen LogP contribution in [0, 0.1) is 5.82 Å². The van der Waals surface area contributed by atoms with Gasteiger partial charge in [0.2, 0.25) is 11.7 Å². The lowest BCUT2D eigenvalue weighted by molar-refractivity contribution is 0.366. The van der Waals surface area contributed by atoms with Gasteiger partial charge in [-0.15, -0.1) is 0 Å². The third-order valence-electron chi connectivity index (χ3n) is 2.74. The van der Waals surface area contributed by atoms with E-state index < -0.39 is 0 Å². The van der Waals surface area contributed by atoms with Crippen molar-refractivity contribution in [3.63, 3.8) is 0 Å². The first-order valence-corrected chi connectivity index (χ1v) is 6.93. The topological polar surface area (TPSA) is 64.9 Å². The van der Waals surface area contributed by atoms with Gasteiger partial charge in [0.25, 0.3) is 0 Å². The summed E-state index contributed by atoms with van der Waals surface area (Å²) in [4.78, 5) is 4.28. The Morgan fingerprint density at radius 3 is 2.95 bits per heavy atom. The highest BCUT2D eigenvalue weighted by Crippen LogP contribution is 2.26. The zero-order valence-electron chi connectivity index (χ0n) is 10.6. The smallest absolute Gasteiger partial charge is 0.228 e. The lowest BCUT2D eigenvalue weighted by Crippen LogP contribution is -2.22. The van der Waals surface area contributed by atoms with E-state index in [0.717, 1.165) is 12.8 Å². The molecule has 0 bridgehead atoms. The highest BCUT2D eigenvalue weighted by Gasteiger charge is 2.14. The maximum atomic E-state index is 13.0. The van der Waals surface area contributed by atoms with Crippen LogP contribution < -0.4 is 5.73 Å². The Kier molecular flexibility index (Phi) is 4.66. The van der Waals surface area contributed by atoms with Crippen molar-refractivity contribution < 1.29 is 8.91 Å². The second-order valence-electron chi connectivity index (χ2n) is 4.39. The van der Waals surface area contributed by atoms with Crippen molar-refractivity contribution in [1.29, 1.82) is 0 Å². The minimum absolute atomic E-state index is 0.0231. The van der Waals surface area contributed by atoms with E-state index in [-0.39, 0.29) is 11.9 Å². The largest absolute Gasteiger partial charge is 0.339 e. The zero-order valence-corrected chi connectivity index (χ0v) is 12.2. The summed E-state index contributed by atoms with van der Waals surface area (Å²) in [6, 6.07) is 4.36. The summed E-state index contributed by atoms with van der Waals surface area (Å²) in [6.45, 7) is 2.08. The van der Waals surface area contributed by atoms with Crippen LogP contribution in [0.1, 0.15) is 25.7 Å². The molecule has 102 valence electrons. The maximum Gasteiger partial charge on any atom is 0.228 e. The van der Waals surface area contributed by atoms with Gasteiger partial charge in [-0.2, -0.15) is 4.98 Å². The first-order valence-electron chi connectivity index (χ1n) is 6.13. The molecule has 0 spiro atoms. The molecule has 0 aliphatic carbocycles. The van der Waals surface area contributed by atoms with Gasteiger partial charge < -0.3 is 10.3 Å². The molecule has 1 aromatic heterocycles. The molecule has 1 aromatic carbocycles. The van der Waals surface area contributed by atoms with Gasteiger partial charge >= 0.3 is 0 Å². The molecule has 0 saturated carbocycles. The number of aromatic nitrogens is 2. The minimum atomic E-state index is -0.315. The van der Waals surface area contributed by atoms with Gasteiger partial charge in [0.1, 0.15) is 5.82 Å². The SMILES string of the molecule is CCCC(N)Cc1nc(-c2ccc(F)cc2Br)no1. The lowest BCUT2D eigenvalue weighted by Gasteiger charge is -2.05. The summed E-state index contributed by atoms with van der Waals surface area (Å²) in [5.41, 5.74) is 6.62. The molecule has 0 radical (unpaired) electrons. The molecule has 2 aromatic rings. The molecular formula is C13H15BrFN3O. The van der Waals surface area contributed by atoms with E-state index in [4.69, 9.17) is 10.3 Å². The maximum absolute atomic E-state index is 13.0. The summed E-state index contributed by atoms with van der Waals surface area (Å²) in [7, 11) is 0. The third-order valence-corrected chi connectivity index (χ3v) is 3.39. The van der Waals surface area contributed by atoms with Gasteiger partial charge in [-0.25, -0.2) is 4.39 Å². The van der Waals surface area contributed by atoms with Crippen LogP contribution in [0.5, 0.6) is 0 Å². The number of nitrogens with zero attached hydrogens (tertiary/aromatic N) is 2. The fourth-order valence-electron chi connectivity index (χ4n) is 1.82. The standard InChI is InChI=1S/C13H15BrFN3O/c1-2-3-9(16)7-12-17-13(18-19-12)10-5-4-8(15)6-11(10)14/h4-6,9H,2-3,7,16H2,1H3. The van der Waals surface area contributed by atoms with Gasteiger partial charge in [0.05, 0.1) is 0 Å².